The van der Waals surface area contributed by atoms with E-state index in [1.54, 1.807) is 7.11 Å². The van der Waals surface area contributed by atoms with Crippen LogP contribution in [-0.4, -0.2) is 67.6 Å². The number of rotatable bonds is 6. The maximum absolute atomic E-state index is 12.8. The van der Waals surface area contributed by atoms with Crippen molar-refractivity contribution in [1.82, 2.24) is 14.8 Å². The van der Waals surface area contributed by atoms with Gasteiger partial charge in [0.2, 0.25) is 5.91 Å². The molecule has 0 N–H and O–H groups in total. The van der Waals surface area contributed by atoms with E-state index < -0.39 is 0 Å². The molecule has 2 heterocycles. The minimum absolute atomic E-state index is 0.184. The van der Waals surface area contributed by atoms with Gasteiger partial charge in [-0.3, -0.25) is 9.69 Å². The Labute approximate surface area is 177 Å². The van der Waals surface area contributed by atoms with Crippen molar-refractivity contribution in [3.05, 3.63) is 66.4 Å². The lowest BCUT2D eigenvalue weighted by atomic mass is 10.1. The standard InChI is InChI=1S/C24H28N4O2/c1-26(17-19-6-7-21-16-22(30-2)9-8-20(21)15-19)18-24(29)28-13-11-27(12-14-28)23-5-3-4-10-25-23/h3-10,15-16H,11-14,17-18H2,1-2H3. The number of fused-ring (bicyclic) bond motifs is 1. The van der Waals surface area contributed by atoms with E-state index in [0.29, 0.717) is 6.54 Å². The van der Waals surface area contributed by atoms with Gasteiger partial charge >= 0.3 is 0 Å². The number of ether oxygens (including phenoxy) is 1. The maximum Gasteiger partial charge on any atom is 0.236 e. The summed E-state index contributed by atoms with van der Waals surface area (Å²) in [5, 5.41) is 2.33. The molecule has 6 heteroatoms. The highest BCUT2D eigenvalue weighted by Crippen LogP contribution is 2.22. The SMILES string of the molecule is COc1ccc2cc(CN(C)CC(=O)N3CCN(c4ccccn4)CC3)ccc2c1. The Morgan fingerprint density at radius 1 is 1.03 bits per heavy atom. The Morgan fingerprint density at radius 3 is 2.53 bits per heavy atom. The van der Waals surface area contributed by atoms with Crippen LogP contribution in [0, 0.1) is 0 Å². The molecule has 0 atom stereocenters. The number of nitrogens with zero attached hydrogens (tertiary/aromatic N) is 4. The van der Waals surface area contributed by atoms with Crippen LogP contribution in [0.25, 0.3) is 10.8 Å². The van der Waals surface area contributed by atoms with E-state index in [2.05, 4.69) is 39.0 Å². The minimum Gasteiger partial charge on any atom is -0.497 e. The quantitative estimate of drug-likeness (QED) is 0.632. The van der Waals surface area contributed by atoms with E-state index >= 15 is 0 Å². The van der Waals surface area contributed by atoms with Crippen molar-refractivity contribution in [3.63, 3.8) is 0 Å². The van der Waals surface area contributed by atoms with Crippen LogP contribution in [0.15, 0.2) is 60.8 Å². The zero-order valence-electron chi connectivity index (χ0n) is 17.6. The number of hydrogen-bond donors (Lipinski definition) is 0. The summed E-state index contributed by atoms with van der Waals surface area (Å²) in [5.74, 6) is 2.03. The molecular weight excluding hydrogens is 376 g/mol. The van der Waals surface area contributed by atoms with Crippen LogP contribution < -0.4 is 9.64 Å². The zero-order valence-corrected chi connectivity index (χ0v) is 17.6. The van der Waals surface area contributed by atoms with E-state index in [-0.39, 0.29) is 5.91 Å². The molecule has 156 valence electrons. The Balaban J connectivity index is 1.30. The van der Waals surface area contributed by atoms with E-state index in [4.69, 9.17) is 4.74 Å². The molecule has 3 aromatic rings. The normalized spacial score (nSPS) is 14.4. The lowest BCUT2D eigenvalue weighted by Gasteiger charge is -2.36. The first-order valence-electron chi connectivity index (χ1n) is 10.3. The van der Waals surface area contributed by atoms with Crippen molar-refractivity contribution in [2.75, 3.05) is 51.8 Å². The molecule has 1 saturated heterocycles. The van der Waals surface area contributed by atoms with Crippen molar-refractivity contribution in [2.45, 2.75) is 6.54 Å². The molecule has 30 heavy (non-hydrogen) atoms. The highest BCUT2D eigenvalue weighted by Gasteiger charge is 2.22. The first-order chi connectivity index (χ1) is 14.6. The fourth-order valence-corrected chi connectivity index (χ4v) is 3.92. The third-order valence-corrected chi connectivity index (χ3v) is 5.58. The van der Waals surface area contributed by atoms with E-state index in [1.165, 1.54) is 10.9 Å². The summed E-state index contributed by atoms with van der Waals surface area (Å²) in [6, 6.07) is 18.4. The zero-order chi connectivity index (χ0) is 20.9. The van der Waals surface area contributed by atoms with Crippen LogP contribution in [0.1, 0.15) is 5.56 Å². The number of carbonyl (C=O) groups excluding carboxylic acids is 1. The van der Waals surface area contributed by atoms with Crippen molar-refractivity contribution in [2.24, 2.45) is 0 Å². The molecule has 0 saturated carbocycles. The van der Waals surface area contributed by atoms with Crippen LogP contribution in [-0.2, 0) is 11.3 Å². The van der Waals surface area contributed by atoms with E-state index in [0.717, 1.165) is 49.7 Å². The van der Waals surface area contributed by atoms with Gasteiger partial charge in [0.25, 0.3) is 0 Å². The molecule has 1 aliphatic rings. The molecule has 1 aliphatic heterocycles. The number of aromatic nitrogens is 1. The van der Waals surface area contributed by atoms with Crippen molar-refractivity contribution < 1.29 is 9.53 Å². The summed E-state index contributed by atoms with van der Waals surface area (Å²) in [7, 11) is 3.68. The van der Waals surface area contributed by atoms with Gasteiger partial charge in [0, 0.05) is 38.9 Å². The number of carbonyl (C=O) groups is 1. The number of methoxy groups -OCH3 is 1. The molecule has 0 unspecified atom stereocenters. The number of hydrogen-bond acceptors (Lipinski definition) is 5. The first kappa shape index (κ1) is 20.2. The molecule has 0 radical (unpaired) electrons. The van der Waals surface area contributed by atoms with Gasteiger partial charge in [0.05, 0.1) is 13.7 Å². The van der Waals surface area contributed by atoms with Gasteiger partial charge in [0.1, 0.15) is 11.6 Å². The Hall–Kier alpha value is -3.12. The monoisotopic (exact) mass is 404 g/mol. The molecule has 0 aliphatic carbocycles. The minimum atomic E-state index is 0.184. The number of anilines is 1. The fraction of sp³-hybridized carbons (Fsp3) is 0.333. The smallest absolute Gasteiger partial charge is 0.236 e. The molecule has 0 spiro atoms. The van der Waals surface area contributed by atoms with Crippen LogP contribution in [0.3, 0.4) is 0 Å². The molecule has 1 amide bonds. The average molecular weight is 405 g/mol. The van der Waals surface area contributed by atoms with Crippen molar-refractivity contribution >= 4 is 22.5 Å². The van der Waals surface area contributed by atoms with Crippen molar-refractivity contribution in [3.8, 4) is 5.75 Å². The highest BCUT2D eigenvalue weighted by molar-refractivity contribution is 5.84. The summed E-state index contributed by atoms with van der Waals surface area (Å²) >= 11 is 0. The fourth-order valence-electron chi connectivity index (χ4n) is 3.92. The Morgan fingerprint density at radius 2 is 1.80 bits per heavy atom. The van der Waals surface area contributed by atoms with Crippen LogP contribution in [0.4, 0.5) is 5.82 Å². The Kier molecular flexibility index (Phi) is 6.14. The molecule has 0 bridgehead atoms. The Bertz CT molecular complexity index is 1000. The lowest BCUT2D eigenvalue weighted by molar-refractivity contribution is -0.132. The topological polar surface area (TPSA) is 48.9 Å². The van der Waals surface area contributed by atoms with E-state index in [1.807, 2.05) is 48.5 Å². The number of amides is 1. The number of piperazine rings is 1. The van der Waals surface area contributed by atoms with Gasteiger partial charge in [-0.2, -0.15) is 0 Å². The van der Waals surface area contributed by atoms with Gasteiger partial charge in [-0.25, -0.2) is 4.98 Å². The second-order valence-electron chi connectivity index (χ2n) is 7.78. The number of benzene rings is 2. The van der Waals surface area contributed by atoms with Crippen LogP contribution in [0.2, 0.25) is 0 Å². The third-order valence-electron chi connectivity index (χ3n) is 5.58. The molecule has 1 fully saturated rings. The van der Waals surface area contributed by atoms with Gasteiger partial charge in [0.15, 0.2) is 0 Å². The second kappa shape index (κ2) is 9.13. The second-order valence-corrected chi connectivity index (χ2v) is 7.78. The van der Waals surface area contributed by atoms with Gasteiger partial charge in [-0.1, -0.05) is 24.3 Å². The molecule has 1 aromatic heterocycles. The average Bonchev–Trinajstić information content (AvgIpc) is 2.79. The summed E-state index contributed by atoms with van der Waals surface area (Å²) < 4.78 is 5.29. The molecule has 4 rings (SSSR count). The van der Waals surface area contributed by atoms with Crippen molar-refractivity contribution in [1.29, 1.82) is 0 Å². The maximum atomic E-state index is 12.8. The summed E-state index contributed by atoms with van der Waals surface area (Å²) in [6.07, 6.45) is 1.81. The highest BCUT2D eigenvalue weighted by atomic mass is 16.5. The van der Waals surface area contributed by atoms with E-state index in [9.17, 15) is 4.79 Å². The number of pyridine rings is 1. The third kappa shape index (κ3) is 4.71. The summed E-state index contributed by atoms with van der Waals surface area (Å²) in [4.78, 5) is 23.4. The first-order valence-corrected chi connectivity index (χ1v) is 10.3. The van der Waals surface area contributed by atoms with Crippen LogP contribution in [0.5, 0.6) is 5.75 Å². The predicted molar refractivity (Wildman–Crippen MR) is 120 cm³/mol. The number of likely N-dealkylation sites (N-methyl/N-ethyl adjacent to an activating group) is 1. The summed E-state index contributed by atoms with van der Waals surface area (Å²) in [6.45, 7) is 4.27. The van der Waals surface area contributed by atoms with Crippen LogP contribution >= 0.6 is 0 Å². The molecular formula is C24H28N4O2. The van der Waals surface area contributed by atoms with Gasteiger partial charge < -0.3 is 14.5 Å². The largest absolute Gasteiger partial charge is 0.497 e. The lowest BCUT2D eigenvalue weighted by Crippen LogP contribution is -2.51. The van der Waals surface area contributed by atoms with Gasteiger partial charge in [-0.15, -0.1) is 0 Å². The molecule has 6 nitrogen and oxygen atoms in total. The predicted octanol–water partition coefficient (Wildman–Crippen LogP) is 3.02. The van der Waals surface area contributed by atoms with Gasteiger partial charge in [-0.05, 0) is 53.7 Å². The summed E-state index contributed by atoms with van der Waals surface area (Å²) in [5.41, 5.74) is 1.20. The molecule has 2 aromatic carbocycles.